The average molecular weight is 301 g/mol. The minimum Gasteiger partial charge on any atom is -0.368 e. The van der Waals surface area contributed by atoms with Gasteiger partial charge < -0.3 is 4.90 Å². The third-order valence-electron chi connectivity index (χ3n) is 3.50. The lowest BCUT2D eigenvalue weighted by molar-refractivity contribution is -0.146. The second-order valence-corrected chi connectivity index (χ2v) is 5.06. The first-order valence-corrected chi connectivity index (χ1v) is 6.92. The molecule has 1 aliphatic heterocycles. The molecular formula is C14H18F3N3O. The van der Waals surface area contributed by atoms with Crippen LogP contribution >= 0.6 is 0 Å². The number of halogens is 3. The Morgan fingerprint density at radius 2 is 1.90 bits per heavy atom. The summed E-state index contributed by atoms with van der Waals surface area (Å²) in [6, 6.07) is 3.47. The minimum atomic E-state index is -4.15. The molecule has 1 saturated heterocycles. The molecule has 0 atom stereocenters. The van der Waals surface area contributed by atoms with E-state index in [-0.39, 0.29) is 5.78 Å². The third-order valence-corrected chi connectivity index (χ3v) is 3.50. The first-order chi connectivity index (χ1) is 9.89. The number of piperazine rings is 1. The molecule has 2 rings (SSSR count). The van der Waals surface area contributed by atoms with Crippen LogP contribution in [0.2, 0.25) is 0 Å². The normalized spacial score (nSPS) is 17.0. The molecule has 1 aliphatic rings. The number of carbonyl (C=O) groups is 1. The summed E-state index contributed by atoms with van der Waals surface area (Å²) in [7, 11) is 0. The topological polar surface area (TPSA) is 36.4 Å². The van der Waals surface area contributed by atoms with Crippen molar-refractivity contribution in [3.8, 4) is 0 Å². The lowest BCUT2D eigenvalue weighted by atomic mass is 10.2. The largest absolute Gasteiger partial charge is 0.401 e. The smallest absolute Gasteiger partial charge is 0.368 e. The average Bonchev–Trinajstić information content (AvgIpc) is 2.46. The van der Waals surface area contributed by atoms with Crippen molar-refractivity contribution in [2.75, 3.05) is 37.6 Å². The van der Waals surface area contributed by atoms with Gasteiger partial charge in [-0.1, -0.05) is 6.92 Å². The number of Topliss-reactive ketones (excluding diaryl/α,β-unsaturated/α-hetero) is 1. The molecule has 0 N–H and O–H groups in total. The van der Waals surface area contributed by atoms with Crippen LogP contribution in [0.25, 0.3) is 0 Å². The van der Waals surface area contributed by atoms with Crippen LogP contribution in [-0.4, -0.2) is 54.6 Å². The quantitative estimate of drug-likeness (QED) is 0.800. The van der Waals surface area contributed by atoms with E-state index in [4.69, 9.17) is 0 Å². The van der Waals surface area contributed by atoms with E-state index in [0.717, 1.165) is 5.69 Å². The second kappa shape index (κ2) is 6.43. The molecule has 0 aliphatic carbocycles. The second-order valence-electron chi connectivity index (χ2n) is 5.06. The molecule has 0 bridgehead atoms. The number of rotatable bonds is 4. The number of alkyl halides is 3. The Labute approximate surface area is 121 Å². The van der Waals surface area contributed by atoms with Gasteiger partial charge in [-0.05, 0) is 12.1 Å². The molecule has 21 heavy (non-hydrogen) atoms. The van der Waals surface area contributed by atoms with Crippen LogP contribution in [0.15, 0.2) is 18.3 Å². The van der Waals surface area contributed by atoms with Crippen LogP contribution in [0.4, 0.5) is 18.9 Å². The summed E-state index contributed by atoms with van der Waals surface area (Å²) >= 11 is 0. The maximum absolute atomic E-state index is 12.3. The van der Waals surface area contributed by atoms with Gasteiger partial charge in [0.2, 0.25) is 0 Å². The fourth-order valence-electron chi connectivity index (χ4n) is 2.34. The van der Waals surface area contributed by atoms with Gasteiger partial charge in [-0.25, -0.2) is 0 Å². The maximum atomic E-state index is 12.3. The SMILES string of the molecule is CCC(=O)c1ccc(N2CCN(CC(F)(F)F)CC2)cn1. The Hall–Kier alpha value is -1.63. The lowest BCUT2D eigenvalue weighted by Crippen LogP contribution is -2.49. The predicted octanol–water partition coefficient (Wildman–Crippen LogP) is 2.36. The molecule has 1 aromatic heterocycles. The van der Waals surface area contributed by atoms with Gasteiger partial charge in [0.1, 0.15) is 5.69 Å². The van der Waals surface area contributed by atoms with E-state index in [1.165, 1.54) is 4.90 Å². The molecule has 0 saturated carbocycles. The maximum Gasteiger partial charge on any atom is 0.401 e. The van der Waals surface area contributed by atoms with Crippen LogP contribution in [0.1, 0.15) is 23.8 Å². The van der Waals surface area contributed by atoms with Gasteiger partial charge in [0.05, 0.1) is 18.4 Å². The van der Waals surface area contributed by atoms with Crippen molar-refractivity contribution in [3.05, 3.63) is 24.0 Å². The van der Waals surface area contributed by atoms with E-state index in [1.54, 1.807) is 25.3 Å². The summed E-state index contributed by atoms with van der Waals surface area (Å²) in [5.74, 6) is -0.0171. The van der Waals surface area contributed by atoms with E-state index in [2.05, 4.69) is 4.98 Å². The van der Waals surface area contributed by atoms with E-state index < -0.39 is 12.7 Å². The fraction of sp³-hybridized carbons (Fsp3) is 0.571. The van der Waals surface area contributed by atoms with Gasteiger partial charge in [-0.15, -0.1) is 0 Å². The van der Waals surface area contributed by atoms with Crippen LogP contribution in [0.5, 0.6) is 0 Å². The Kier molecular flexibility index (Phi) is 4.82. The number of ketones is 1. The van der Waals surface area contributed by atoms with Gasteiger partial charge >= 0.3 is 6.18 Å². The summed E-state index contributed by atoms with van der Waals surface area (Å²) in [4.78, 5) is 19.0. The number of carbonyl (C=O) groups excluding carboxylic acids is 1. The Bertz CT molecular complexity index is 479. The van der Waals surface area contributed by atoms with Crippen molar-refractivity contribution in [2.45, 2.75) is 19.5 Å². The first kappa shape index (κ1) is 15.8. The summed E-state index contributed by atoms with van der Waals surface area (Å²) in [5, 5.41) is 0. The third kappa shape index (κ3) is 4.42. The Morgan fingerprint density at radius 1 is 1.24 bits per heavy atom. The van der Waals surface area contributed by atoms with Crippen molar-refractivity contribution in [1.82, 2.24) is 9.88 Å². The number of nitrogens with zero attached hydrogens (tertiary/aromatic N) is 3. The molecule has 0 spiro atoms. The number of anilines is 1. The highest BCUT2D eigenvalue weighted by Crippen LogP contribution is 2.20. The molecule has 7 heteroatoms. The van der Waals surface area contributed by atoms with E-state index in [1.807, 2.05) is 4.90 Å². The molecule has 2 heterocycles. The standard InChI is InChI=1S/C14H18F3N3O/c1-2-13(21)12-4-3-11(9-18-12)20-7-5-19(6-8-20)10-14(15,16)17/h3-4,9H,2,5-8,10H2,1H3. The molecule has 116 valence electrons. The van der Waals surface area contributed by atoms with Crippen molar-refractivity contribution < 1.29 is 18.0 Å². The zero-order valence-corrected chi connectivity index (χ0v) is 11.9. The summed E-state index contributed by atoms with van der Waals surface area (Å²) in [6.45, 7) is 2.71. The molecular weight excluding hydrogens is 283 g/mol. The molecule has 1 fully saturated rings. The summed E-state index contributed by atoms with van der Waals surface area (Å²) in [5.41, 5.74) is 1.27. The number of hydrogen-bond donors (Lipinski definition) is 0. The van der Waals surface area contributed by atoms with Crippen LogP contribution in [0.3, 0.4) is 0 Å². The van der Waals surface area contributed by atoms with Gasteiger partial charge in [0.15, 0.2) is 5.78 Å². The van der Waals surface area contributed by atoms with Crippen molar-refractivity contribution in [1.29, 1.82) is 0 Å². The highest BCUT2D eigenvalue weighted by molar-refractivity contribution is 5.94. The highest BCUT2D eigenvalue weighted by atomic mass is 19.4. The monoisotopic (exact) mass is 301 g/mol. The van der Waals surface area contributed by atoms with Crippen LogP contribution in [0, 0.1) is 0 Å². The summed E-state index contributed by atoms with van der Waals surface area (Å²) in [6.07, 6.45) is -2.13. The zero-order valence-electron chi connectivity index (χ0n) is 11.9. The first-order valence-electron chi connectivity index (χ1n) is 6.92. The minimum absolute atomic E-state index is 0.0171. The van der Waals surface area contributed by atoms with Crippen molar-refractivity contribution in [3.63, 3.8) is 0 Å². The Morgan fingerprint density at radius 3 is 2.38 bits per heavy atom. The number of aromatic nitrogens is 1. The van der Waals surface area contributed by atoms with Crippen LogP contribution in [-0.2, 0) is 0 Å². The number of hydrogen-bond acceptors (Lipinski definition) is 4. The van der Waals surface area contributed by atoms with E-state index in [0.29, 0.717) is 38.3 Å². The molecule has 0 amide bonds. The van der Waals surface area contributed by atoms with Crippen molar-refractivity contribution >= 4 is 11.5 Å². The van der Waals surface area contributed by atoms with E-state index >= 15 is 0 Å². The molecule has 4 nitrogen and oxygen atoms in total. The molecule has 1 aromatic rings. The molecule has 0 unspecified atom stereocenters. The molecule has 0 radical (unpaired) electrons. The number of pyridine rings is 1. The van der Waals surface area contributed by atoms with Gasteiger partial charge in [0.25, 0.3) is 0 Å². The van der Waals surface area contributed by atoms with Crippen LogP contribution < -0.4 is 4.90 Å². The lowest BCUT2D eigenvalue weighted by Gasteiger charge is -2.36. The van der Waals surface area contributed by atoms with Gasteiger partial charge in [0, 0.05) is 32.6 Å². The molecule has 0 aromatic carbocycles. The van der Waals surface area contributed by atoms with E-state index in [9.17, 15) is 18.0 Å². The van der Waals surface area contributed by atoms with Gasteiger partial charge in [-0.3, -0.25) is 14.7 Å². The van der Waals surface area contributed by atoms with Crippen molar-refractivity contribution in [2.24, 2.45) is 0 Å². The van der Waals surface area contributed by atoms with Gasteiger partial charge in [-0.2, -0.15) is 13.2 Å². The highest BCUT2D eigenvalue weighted by Gasteiger charge is 2.32. The summed E-state index contributed by atoms with van der Waals surface area (Å²) < 4.78 is 37.0. The fourth-order valence-corrected chi connectivity index (χ4v) is 2.34. The zero-order chi connectivity index (χ0) is 15.5. The predicted molar refractivity (Wildman–Crippen MR) is 73.6 cm³/mol. The Balaban J connectivity index is 1.92.